The van der Waals surface area contributed by atoms with Crippen LogP contribution in [0.2, 0.25) is 0 Å². The molecular formula is C18H26N2O3. The number of hydrogen-bond acceptors (Lipinski definition) is 3. The molecule has 0 unspecified atom stereocenters. The average Bonchev–Trinajstić information content (AvgIpc) is 2.56. The van der Waals surface area contributed by atoms with Gasteiger partial charge in [0.05, 0.1) is 13.0 Å². The second-order valence-corrected chi connectivity index (χ2v) is 5.96. The second kappa shape index (κ2) is 9.18. The second-order valence-electron chi connectivity index (χ2n) is 5.96. The summed E-state index contributed by atoms with van der Waals surface area (Å²) in [5.74, 6) is 0.0418. The van der Waals surface area contributed by atoms with Crippen LogP contribution >= 0.6 is 0 Å². The summed E-state index contributed by atoms with van der Waals surface area (Å²) in [6.07, 6.45) is 3.65. The number of nitrogens with zero attached hydrogens (tertiary/aromatic N) is 1. The van der Waals surface area contributed by atoms with E-state index in [4.69, 9.17) is 4.74 Å². The van der Waals surface area contributed by atoms with Gasteiger partial charge in [0, 0.05) is 19.1 Å². The van der Waals surface area contributed by atoms with E-state index >= 15 is 0 Å². The minimum atomic E-state index is -0.229. The number of benzene rings is 1. The third-order valence-electron chi connectivity index (χ3n) is 4.05. The molecule has 1 aliphatic rings. The van der Waals surface area contributed by atoms with Gasteiger partial charge >= 0.3 is 6.09 Å². The van der Waals surface area contributed by atoms with E-state index in [1.54, 1.807) is 4.90 Å². The molecule has 0 saturated carbocycles. The van der Waals surface area contributed by atoms with Crippen LogP contribution in [-0.2, 0) is 16.0 Å². The molecule has 1 aromatic carbocycles. The van der Waals surface area contributed by atoms with E-state index in [0.717, 1.165) is 31.2 Å². The highest BCUT2D eigenvalue weighted by atomic mass is 16.6. The van der Waals surface area contributed by atoms with Crippen LogP contribution in [0.4, 0.5) is 4.79 Å². The summed E-state index contributed by atoms with van der Waals surface area (Å²) in [5.41, 5.74) is 1.02. The molecule has 5 nitrogen and oxygen atoms in total. The Hall–Kier alpha value is -2.04. The first-order valence-corrected chi connectivity index (χ1v) is 8.44. The van der Waals surface area contributed by atoms with Crippen LogP contribution in [0.25, 0.3) is 0 Å². The Morgan fingerprint density at radius 1 is 1.22 bits per heavy atom. The van der Waals surface area contributed by atoms with E-state index in [0.29, 0.717) is 26.1 Å². The highest BCUT2D eigenvalue weighted by Crippen LogP contribution is 2.12. The van der Waals surface area contributed by atoms with E-state index in [1.807, 2.05) is 30.3 Å². The molecule has 2 rings (SSSR count). The van der Waals surface area contributed by atoms with E-state index < -0.39 is 0 Å². The minimum absolute atomic E-state index is 0.0418. The van der Waals surface area contributed by atoms with Crippen LogP contribution in [0, 0.1) is 0 Å². The zero-order valence-corrected chi connectivity index (χ0v) is 13.8. The van der Waals surface area contributed by atoms with Gasteiger partial charge in [0.2, 0.25) is 5.91 Å². The van der Waals surface area contributed by atoms with E-state index in [9.17, 15) is 9.59 Å². The Balaban J connectivity index is 1.68. The summed E-state index contributed by atoms with van der Waals surface area (Å²) in [6, 6.07) is 9.86. The van der Waals surface area contributed by atoms with Crippen molar-refractivity contribution in [3.05, 3.63) is 35.9 Å². The Labute approximate surface area is 138 Å². The fourth-order valence-electron chi connectivity index (χ4n) is 2.66. The number of piperidine rings is 1. The van der Waals surface area contributed by atoms with Gasteiger partial charge in [-0.1, -0.05) is 43.7 Å². The minimum Gasteiger partial charge on any atom is -0.449 e. The van der Waals surface area contributed by atoms with Crippen LogP contribution in [-0.4, -0.2) is 42.6 Å². The van der Waals surface area contributed by atoms with Gasteiger partial charge in [-0.2, -0.15) is 0 Å². The van der Waals surface area contributed by atoms with Gasteiger partial charge in [-0.3, -0.25) is 4.79 Å². The predicted octanol–water partition coefficient (Wildman–Crippen LogP) is 2.75. The molecule has 23 heavy (non-hydrogen) atoms. The molecular weight excluding hydrogens is 292 g/mol. The van der Waals surface area contributed by atoms with Gasteiger partial charge in [-0.05, 0) is 24.8 Å². The van der Waals surface area contributed by atoms with Gasteiger partial charge in [0.25, 0.3) is 0 Å². The summed E-state index contributed by atoms with van der Waals surface area (Å²) < 4.78 is 5.22. The maximum atomic E-state index is 12.1. The SMILES string of the molecule is CCCCOC(=O)N1CCC(NC(=O)Cc2ccccc2)CC1. The van der Waals surface area contributed by atoms with E-state index in [1.165, 1.54) is 0 Å². The number of ether oxygens (including phenoxy) is 1. The van der Waals surface area contributed by atoms with Crippen LogP contribution in [0.5, 0.6) is 0 Å². The van der Waals surface area contributed by atoms with E-state index in [2.05, 4.69) is 12.2 Å². The standard InChI is InChI=1S/C18H26N2O3/c1-2-3-13-23-18(22)20-11-9-16(10-12-20)19-17(21)14-15-7-5-4-6-8-15/h4-8,16H,2-3,9-14H2,1H3,(H,19,21). The highest BCUT2D eigenvalue weighted by molar-refractivity contribution is 5.78. The van der Waals surface area contributed by atoms with Crippen LogP contribution in [0.1, 0.15) is 38.2 Å². The molecule has 0 radical (unpaired) electrons. The topological polar surface area (TPSA) is 58.6 Å². The number of carbonyl (C=O) groups is 2. The maximum Gasteiger partial charge on any atom is 0.409 e. The van der Waals surface area contributed by atoms with Crippen molar-refractivity contribution in [2.75, 3.05) is 19.7 Å². The zero-order valence-electron chi connectivity index (χ0n) is 13.8. The van der Waals surface area contributed by atoms with Crippen molar-refractivity contribution in [2.45, 2.75) is 45.1 Å². The van der Waals surface area contributed by atoms with Crippen molar-refractivity contribution in [3.63, 3.8) is 0 Å². The third kappa shape index (κ3) is 5.93. The molecule has 5 heteroatoms. The van der Waals surface area contributed by atoms with Crippen molar-refractivity contribution in [3.8, 4) is 0 Å². The van der Waals surface area contributed by atoms with Crippen molar-refractivity contribution in [2.24, 2.45) is 0 Å². The lowest BCUT2D eigenvalue weighted by atomic mass is 10.0. The number of nitrogens with one attached hydrogen (secondary N) is 1. The monoisotopic (exact) mass is 318 g/mol. The molecule has 0 aliphatic carbocycles. The lowest BCUT2D eigenvalue weighted by Gasteiger charge is -2.31. The molecule has 0 spiro atoms. The first kappa shape index (κ1) is 17.3. The first-order chi connectivity index (χ1) is 11.2. The van der Waals surface area contributed by atoms with Gasteiger partial charge in [0.1, 0.15) is 0 Å². The number of carbonyl (C=O) groups excluding carboxylic acids is 2. The molecule has 1 aromatic rings. The number of unbranched alkanes of at least 4 members (excludes halogenated alkanes) is 1. The van der Waals surface area contributed by atoms with E-state index in [-0.39, 0.29) is 18.0 Å². The quantitative estimate of drug-likeness (QED) is 0.821. The van der Waals surface area contributed by atoms with Crippen LogP contribution < -0.4 is 5.32 Å². The maximum absolute atomic E-state index is 12.1. The smallest absolute Gasteiger partial charge is 0.409 e. The van der Waals surface area contributed by atoms with Crippen molar-refractivity contribution >= 4 is 12.0 Å². The molecule has 1 N–H and O–H groups in total. The number of amides is 2. The van der Waals surface area contributed by atoms with Crippen LogP contribution in [0.15, 0.2) is 30.3 Å². The predicted molar refractivity (Wildman–Crippen MR) is 89.1 cm³/mol. The molecule has 1 saturated heterocycles. The molecule has 126 valence electrons. The summed E-state index contributed by atoms with van der Waals surface area (Å²) in [4.78, 5) is 25.6. The fraction of sp³-hybridized carbons (Fsp3) is 0.556. The van der Waals surface area contributed by atoms with Crippen LogP contribution in [0.3, 0.4) is 0 Å². The largest absolute Gasteiger partial charge is 0.449 e. The normalized spacial score (nSPS) is 15.3. The van der Waals surface area contributed by atoms with Crippen molar-refractivity contribution in [1.82, 2.24) is 10.2 Å². The molecule has 0 atom stereocenters. The summed E-state index contributed by atoms with van der Waals surface area (Å²) in [7, 11) is 0. The summed E-state index contributed by atoms with van der Waals surface area (Å²) in [6.45, 7) is 3.84. The number of hydrogen-bond donors (Lipinski definition) is 1. The third-order valence-corrected chi connectivity index (χ3v) is 4.05. The lowest BCUT2D eigenvalue weighted by molar-refractivity contribution is -0.121. The molecule has 0 bridgehead atoms. The Morgan fingerprint density at radius 3 is 2.57 bits per heavy atom. The lowest BCUT2D eigenvalue weighted by Crippen LogP contribution is -2.47. The molecule has 1 heterocycles. The Bertz CT molecular complexity index is 496. The van der Waals surface area contributed by atoms with Crippen molar-refractivity contribution < 1.29 is 14.3 Å². The van der Waals surface area contributed by atoms with Gasteiger partial charge in [0.15, 0.2) is 0 Å². The Kier molecular flexibility index (Phi) is 6.91. The van der Waals surface area contributed by atoms with Gasteiger partial charge in [-0.25, -0.2) is 4.79 Å². The molecule has 1 aliphatic heterocycles. The zero-order chi connectivity index (χ0) is 16.5. The van der Waals surface area contributed by atoms with Crippen molar-refractivity contribution in [1.29, 1.82) is 0 Å². The first-order valence-electron chi connectivity index (χ1n) is 8.44. The average molecular weight is 318 g/mol. The number of rotatable bonds is 6. The summed E-state index contributed by atoms with van der Waals surface area (Å²) in [5, 5.41) is 3.06. The highest BCUT2D eigenvalue weighted by Gasteiger charge is 2.24. The molecule has 1 fully saturated rings. The molecule has 2 amide bonds. The summed E-state index contributed by atoms with van der Waals surface area (Å²) >= 11 is 0. The Morgan fingerprint density at radius 2 is 1.91 bits per heavy atom. The molecule has 0 aromatic heterocycles. The van der Waals surface area contributed by atoms with Gasteiger partial charge < -0.3 is 15.0 Å². The fourth-order valence-corrected chi connectivity index (χ4v) is 2.66. The number of likely N-dealkylation sites (tertiary alicyclic amines) is 1. The van der Waals surface area contributed by atoms with Gasteiger partial charge in [-0.15, -0.1) is 0 Å².